The lowest BCUT2D eigenvalue weighted by molar-refractivity contribution is 0.910. The summed E-state index contributed by atoms with van der Waals surface area (Å²) in [6.07, 6.45) is 1.31. The lowest BCUT2D eigenvalue weighted by Crippen LogP contribution is -1.37. The van der Waals surface area contributed by atoms with Gasteiger partial charge in [0.1, 0.15) is 0 Å². The van der Waals surface area contributed by atoms with Crippen molar-refractivity contribution in [2.24, 2.45) is 15.6 Å². The van der Waals surface area contributed by atoms with Crippen LogP contribution in [0, 0.1) is 17.0 Å². The minimum atomic E-state index is 1.31. The third-order valence-corrected chi connectivity index (χ3v) is 0.134. The predicted octanol–water partition coefficient (Wildman–Crippen LogP) is 0.866. The standard InChI is InChI=1S/CHN5/c2-1-4-6-5-3/h3H. The summed E-state index contributed by atoms with van der Waals surface area (Å²) in [5, 5.41) is 15.3. The van der Waals surface area contributed by atoms with Gasteiger partial charge in [-0.1, -0.05) is 0 Å². The highest BCUT2D eigenvalue weighted by molar-refractivity contribution is 4.56. The van der Waals surface area contributed by atoms with Gasteiger partial charge < -0.3 is 0 Å². The van der Waals surface area contributed by atoms with Crippen molar-refractivity contribution in [2.45, 2.75) is 0 Å². The van der Waals surface area contributed by atoms with Crippen LogP contribution in [0.1, 0.15) is 0 Å². The van der Waals surface area contributed by atoms with Crippen molar-refractivity contribution in [3.63, 3.8) is 0 Å². The van der Waals surface area contributed by atoms with Crippen molar-refractivity contribution in [2.75, 3.05) is 0 Å². The van der Waals surface area contributed by atoms with Gasteiger partial charge in [0.05, 0.1) is 0 Å². The van der Waals surface area contributed by atoms with Crippen LogP contribution < -0.4 is 0 Å². The molecular formula is CHN5. The topological polar surface area (TPSA) is 84.7 Å². The van der Waals surface area contributed by atoms with Crippen LogP contribution >= 0.6 is 0 Å². The lowest BCUT2D eigenvalue weighted by Gasteiger charge is -1.52. The summed E-state index contributed by atoms with van der Waals surface area (Å²) in [4.78, 5) is 0. The van der Waals surface area contributed by atoms with Crippen molar-refractivity contribution in [1.82, 2.24) is 0 Å². The van der Waals surface area contributed by atoms with Crippen molar-refractivity contribution >= 4 is 0 Å². The molecular weight excluding hydrogens is 82.0 g/mol. The molecule has 5 heteroatoms. The lowest BCUT2D eigenvalue weighted by atomic mass is 11.5. The van der Waals surface area contributed by atoms with Crippen molar-refractivity contribution in [3.8, 4) is 6.19 Å². The molecule has 1 N–H and O–H groups in total. The first kappa shape index (κ1) is 4.69. The van der Waals surface area contributed by atoms with E-state index in [2.05, 4.69) is 15.6 Å². The maximum atomic E-state index is 7.54. The van der Waals surface area contributed by atoms with Crippen molar-refractivity contribution < 1.29 is 0 Å². The number of hydrogen-bond acceptors (Lipinski definition) is 3. The minimum absolute atomic E-state index is 1.31. The number of nitrogens with one attached hydrogen (secondary N) is 1. The number of nitrogens with zero attached hydrogens (tertiary/aromatic N) is 4. The first-order chi connectivity index (χ1) is 2.91. The van der Waals surface area contributed by atoms with E-state index < -0.39 is 0 Å². The number of nitriles is 1. The van der Waals surface area contributed by atoms with Crippen LogP contribution in [0.3, 0.4) is 0 Å². The van der Waals surface area contributed by atoms with E-state index in [0.29, 0.717) is 0 Å². The first-order valence-electron chi connectivity index (χ1n) is 1.07. The second-order valence-corrected chi connectivity index (χ2v) is 0.389. The summed E-state index contributed by atoms with van der Waals surface area (Å²) in [5.74, 6) is 0. The molecule has 0 radical (unpaired) electrons. The van der Waals surface area contributed by atoms with Crippen molar-refractivity contribution in [3.05, 3.63) is 0 Å². The Morgan fingerprint density at radius 1 is 1.67 bits per heavy atom. The van der Waals surface area contributed by atoms with Gasteiger partial charge in [0.25, 0.3) is 0 Å². The van der Waals surface area contributed by atoms with E-state index in [1.54, 1.807) is 0 Å². The molecule has 0 aromatic carbocycles. The molecule has 30 valence electrons. The molecule has 0 spiro atoms. The van der Waals surface area contributed by atoms with Gasteiger partial charge >= 0.3 is 0 Å². The Morgan fingerprint density at radius 2 is 2.33 bits per heavy atom. The van der Waals surface area contributed by atoms with Crippen molar-refractivity contribution in [1.29, 1.82) is 10.8 Å². The molecule has 0 fully saturated rings. The van der Waals surface area contributed by atoms with E-state index in [9.17, 15) is 0 Å². The maximum absolute atomic E-state index is 7.54. The summed E-state index contributed by atoms with van der Waals surface area (Å²) in [7, 11) is 0. The normalized spacial score (nSPS) is 7.83. The van der Waals surface area contributed by atoms with Gasteiger partial charge in [-0.3, -0.25) is 0 Å². The zero-order valence-electron chi connectivity index (χ0n) is 2.79. The van der Waals surface area contributed by atoms with Crippen LogP contribution in [-0.4, -0.2) is 0 Å². The minimum Gasteiger partial charge on any atom is -0.183 e. The molecule has 0 amide bonds. The molecule has 0 heterocycles. The molecule has 0 aliphatic rings. The van der Waals surface area contributed by atoms with Gasteiger partial charge in [-0.05, 0) is 15.6 Å². The second-order valence-electron chi connectivity index (χ2n) is 0.389. The Balaban J connectivity index is 3.26. The molecule has 0 aliphatic carbocycles. The zero-order chi connectivity index (χ0) is 4.83. The SMILES string of the molecule is N#CN=NN=N. The van der Waals surface area contributed by atoms with Gasteiger partial charge in [0.2, 0.25) is 6.19 Å². The molecule has 0 aromatic rings. The van der Waals surface area contributed by atoms with Crippen LogP contribution in [0.25, 0.3) is 0 Å². The molecule has 0 bridgehead atoms. The Morgan fingerprint density at radius 3 is 2.50 bits per heavy atom. The summed E-state index contributed by atoms with van der Waals surface area (Å²) in [6.45, 7) is 0. The highest BCUT2D eigenvalue weighted by Crippen LogP contribution is 1.67. The number of rotatable bonds is 1. The van der Waals surface area contributed by atoms with Crippen LogP contribution in [0.4, 0.5) is 0 Å². The van der Waals surface area contributed by atoms with Crippen LogP contribution in [0.15, 0.2) is 15.6 Å². The molecule has 0 aromatic heterocycles. The van der Waals surface area contributed by atoms with Gasteiger partial charge in [-0.2, -0.15) is 10.8 Å². The van der Waals surface area contributed by atoms with Crippen LogP contribution in [-0.2, 0) is 0 Å². The average Bonchev–Trinajstić information content (AvgIpc) is 1.61. The zero-order valence-corrected chi connectivity index (χ0v) is 2.79. The molecule has 6 heavy (non-hydrogen) atoms. The Labute approximate surface area is 33.8 Å². The Bertz CT molecular complexity index is 95.0. The van der Waals surface area contributed by atoms with Gasteiger partial charge in [0, 0.05) is 0 Å². The summed E-state index contributed by atoms with van der Waals surface area (Å²) in [5.41, 5.74) is 5.92. The Hall–Kier alpha value is -1.31. The van der Waals surface area contributed by atoms with E-state index in [1.165, 1.54) is 6.19 Å². The molecule has 0 atom stereocenters. The average molecular weight is 83.1 g/mol. The molecule has 0 saturated heterocycles. The molecule has 0 saturated carbocycles. The fourth-order valence-corrected chi connectivity index (χ4v) is 0.0424. The van der Waals surface area contributed by atoms with E-state index >= 15 is 0 Å². The van der Waals surface area contributed by atoms with Gasteiger partial charge in [0.15, 0.2) is 0 Å². The smallest absolute Gasteiger partial charge is 0.183 e. The van der Waals surface area contributed by atoms with E-state index in [-0.39, 0.29) is 0 Å². The molecule has 0 unspecified atom stereocenters. The molecule has 0 rings (SSSR count). The maximum Gasteiger partial charge on any atom is 0.227 e. The van der Waals surface area contributed by atoms with Gasteiger partial charge in [-0.15, -0.1) is 0 Å². The summed E-state index contributed by atoms with van der Waals surface area (Å²) >= 11 is 0. The third-order valence-electron chi connectivity index (χ3n) is 0.134. The molecule has 0 aliphatic heterocycles. The van der Waals surface area contributed by atoms with Crippen LogP contribution in [0.2, 0.25) is 0 Å². The van der Waals surface area contributed by atoms with E-state index in [4.69, 9.17) is 10.8 Å². The highest BCUT2D eigenvalue weighted by Gasteiger charge is 1.53. The fraction of sp³-hybridized carbons (Fsp3) is 0. The number of hydrogen-bond donors (Lipinski definition) is 1. The van der Waals surface area contributed by atoms with Gasteiger partial charge in [-0.25, -0.2) is 0 Å². The summed E-state index contributed by atoms with van der Waals surface area (Å²) < 4.78 is 0. The predicted molar refractivity (Wildman–Crippen MR) is 15.6 cm³/mol. The summed E-state index contributed by atoms with van der Waals surface area (Å²) in [6, 6.07) is 0. The Kier molecular flexibility index (Phi) is 2.88. The monoisotopic (exact) mass is 83.0 g/mol. The largest absolute Gasteiger partial charge is 0.227 e. The first-order valence-corrected chi connectivity index (χ1v) is 1.07. The van der Waals surface area contributed by atoms with E-state index in [0.717, 1.165) is 0 Å². The molecule has 5 nitrogen and oxygen atoms in total. The van der Waals surface area contributed by atoms with Crippen LogP contribution in [0.5, 0.6) is 0 Å². The highest BCUT2D eigenvalue weighted by atomic mass is 15.4. The fourth-order valence-electron chi connectivity index (χ4n) is 0.0424. The quantitative estimate of drug-likeness (QED) is 0.284. The van der Waals surface area contributed by atoms with E-state index in [1.807, 2.05) is 0 Å². The third kappa shape index (κ3) is 2.69. The second kappa shape index (κ2) is 3.69.